The van der Waals surface area contributed by atoms with Gasteiger partial charge in [-0.1, -0.05) is 0 Å². The average molecular weight is 400 g/mol. The Balaban J connectivity index is 1.61. The number of anilines is 1. The quantitative estimate of drug-likeness (QED) is 0.648. The van der Waals surface area contributed by atoms with Gasteiger partial charge in [-0.05, 0) is 48.6 Å². The molecule has 1 aliphatic carbocycles. The highest BCUT2D eigenvalue weighted by atomic mass is 32.1. The fraction of sp³-hybridized carbons (Fsp3) is 0.278. The number of nitrogens with zero attached hydrogens (tertiary/aromatic N) is 3. The fourth-order valence-electron chi connectivity index (χ4n) is 2.96. The summed E-state index contributed by atoms with van der Waals surface area (Å²) in [6, 6.07) is 6.08. The summed E-state index contributed by atoms with van der Waals surface area (Å²) in [5.41, 5.74) is 0.482. The number of rotatable bonds is 5. The van der Waals surface area contributed by atoms with Gasteiger partial charge in [0.25, 0.3) is 5.56 Å². The van der Waals surface area contributed by atoms with Crippen molar-refractivity contribution in [3.05, 3.63) is 56.0 Å². The lowest BCUT2D eigenvalue weighted by molar-refractivity contribution is -0.116. The number of aromatic nitrogens is 3. The second-order valence-corrected chi connectivity index (χ2v) is 7.07. The molecule has 2 aromatic heterocycles. The Morgan fingerprint density at radius 2 is 1.96 bits per heavy atom. The molecule has 1 aromatic carbocycles. The summed E-state index contributed by atoms with van der Waals surface area (Å²) in [6.07, 6.45) is 1.53. The van der Waals surface area contributed by atoms with Crippen molar-refractivity contribution in [2.45, 2.75) is 25.4 Å². The fourth-order valence-corrected chi connectivity index (χ4v) is 3.63. The first-order valence-electron chi connectivity index (χ1n) is 8.57. The number of benzene rings is 1. The Morgan fingerprint density at radius 1 is 1.25 bits per heavy atom. The number of esters is 1. The number of methoxy groups -OCH3 is 1. The number of amides is 1. The Labute approximate surface area is 162 Å². The third-order valence-electron chi connectivity index (χ3n) is 4.50. The van der Waals surface area contributed by atoms with Crippen LogP contribution in [0.4, 0.5) is 5.69 Å². The van der Waals surface area contributed by atoms with E-state index in [1.807, 2.05) is 0 Å². The van der Waals surface area contributed by atoms with Crippen LogP contribution in [0.3, 0.4) is 0 Å². The van der Waals surface area contributed by atoms with Crippen molar-refractivity contribution in [1.82, 2.24) is 13.5 Å². The van der Waals surface area contributed by atoms with Gasteiger partial charge < -0.3 is 10.1 Å². The lowest BCUT2D eigenvalue weighted by Gasteiger charge is -2.11. The van der Waals surface area contributed by atoms with Gasteiger partial charge in [0.15, 0.2) is 5.52 Å². The number of nitrogens with one attached hydrogen (secondary N) is 1. The van der Waals surface area contributed by atoms with Gasteiger partial charge in [0.1, 0.15) is 6.54 Å². The summed E-state index contributed by atoms with van der Waals surface area (Å²) < 4.78 is 11.2. The largest absolute Gasteiger partial charge is 0.465 e. The van der Waals surface area contributed by atoms with E-state index < -0.39 is 23.1 Å². The Hall–Kier alpha value is -3.27. The van der Waals surface area contributed by atoms with Crippen LogP contribution in [0.1, 0.15) is 29.2 Å². The number of fused-ring (bicyclic) bond motifs is 1. The van der Waals surface area contributed by atoms with Gasteiger partial charge in [-0.2, -0.15) is 4.37 Å². The zero-order valence-electron chi connectivity index (χ0n) is 14.9. The van der Waals surface area contributed by atoms with Crippen LogP contribution < -0.4 is 16.6 Å². The van der Waals surface area contributed by atoms with E-state index in [1.54, 1.807) is 17.5 Å². The molecule has 9 nitrogen and oxygen atoms in total. The number of hydrogen-bond acceptors (Lipinski definition) is 7. The SMILES string of the molecule is COC(=O)c1ccc(NC(=O)Cn2c(=O)n(C3CC3)c(=O)c3nscc32)cc1. The van der Waals surface area contributed by atoms with Crippen LogP contribution in [0.2, 0.25) is 0 Å². The van der Waals surface area contributed by atoms with E-state index in [-0.39, 0.29) is 18.1 Å². The molecule has 144 valence electrons. The van der Waals surface area contributed by atoms with E-state index in [0.29, 0.717) is 16.8 Å². The maximum absolute atomic E-state index is 12.8. The second-order valence-electron chi connectivity index (χ2n) is 6.44. The third kappa shape index (κ3) is 3.22. The van der Waals surface area contributed by atoms with Crippen LogP contribution in [0, 0.1) is 0 Å². The molecule has 0 spiro atoms. The minimum absolute atomic E-state index is 0.119. The minimum atomic E-state index is -0.503. The molecule has 1 saturated carbocycles. The molecule has 0 aliphatic heterocycles. The summed E-state index contributed by atoms with van der Waals surface area (Å²) in [4.78, 5) is 49.2. The molecule has 1 fully saturated rings. The third-order valence-corrected chi connectivity index (χ3v) is 5.12. The highest BCUT2D eigenvalue weighted by Crippen LogP contribution is 2.32. The average Bonchev–Trinajstić information content (AvgIpc) is 3.39. The zero-order chi connectivity index (χ0) is 19.8. The topological polar surface area (TPSA) is 112 Å². The van der Waals surface area contributed by atoms with Crippen LogP contribution in [0.5, 0.6) is 0 Å². The molecule has 0 bridgehead atoms. The Kier molecular flexibility index (Phi) is 4.55. The maximum Gasteiger partial charge on any atom is 0.337 e. The summed E-state index contributed by atoms with van der Waals surface area (Å²) in [5, 5.41) is 4.27. The lowest BCUT2D eigenvalue weighted by Crippen LogP contribution is -2.41. The first-order chi connectivity index (χ1) is 13.5. The van der Waals surface area contributed by atoms with Crippen molar-refractivity contribution in [2.75, 3.05) is 12.4 Å². The molecular weight excluding hydrogens is 384 g/mol. The van der Waals surface area contributed by atoms with Crippen LogP contribution in [0.15, 0.2) is 39.2 Å². The Bertz CT molecular complexity index is 1190. The van der Waals surface area contributed by atoms with Crippen molar-refractivity contribution in [3.63, 3.8) is 0 Å². The number of carbonyl (C=O) groups excluding carboxylic acids is 2. The highest BCUT2D eigenvalue weighted by molar-refractivity contribution is 7.04. The number of ether oxygens (including phenoxy) is 1. The summed E-state index contributed by atoms with van der Waals surface area (Å²) in [6.45, 7) is -0.250. The van der Waals surface area contributed by atoms with Crippen molar-refractivity contribution in [2.24, 2.45) is 0 Å². The first kappa shape index (κ1) is 18.1. The zero-order valence-corrected chi connectivity index (χ0v) is 15.7. The Morgan fingerprint density at radius 3 is 2.61 bits per heavy atom. The van der Waals surface area contributed by atoms with E-state index in [1.165, 1.54) is 28.4 Å². The predicted octanol–water partition coefficient (Wildman–Crippen LogP) is 1.38. The second kappa shape index (κ2) is 7.04. The lowest BCUT2D eigenvalue weighted by atomic mass is 10.2. The van der Waals surface area contributed by atoms with Crippen molar-refractivity contribution < 1.29 is 14.3 Å². The molecule has 1 N–H and O–H groups in total. The summed E-state index contributed by atoms with van der Waals surface area (Å²) in [7, 11) is 1.29. The first-order valence-corrected chi connectivity index (χ1v) is 9.41. The molecule has 0 atom stereocenters. The summed E-state index contributed by atoms with van der Waals surface area (Å²) in [5.74, 6) is -0.902. The van der Waals surface area contributed by atoms with E-state index in [4.69, 9.17) is 0 Å². The van der Waals surface area contributed by atoms with E-state index in [2.05, 4.69) is 14.4 Å². The molecule has 0 unspecified atom stereocenters. The van der Waals surface area contributed by atoms with Crippen molar-refractivity contribution in [3.8, 4) is 0 Å². The smallest absolute Gasteiger partial charge is 0.337 e. The standard InChI is InChI=1S/C18H16N4O5S/c1-27-17(25)10-2-4-11(5-3-10)19-14(23)8-21-13-9-28-20-15(13)16(24)22(18(21)26)12-6-7-12/h2-5,9,12H,6-8H2,1H3,(H,19,23). The van der Waals surface area contributed by atoms with Gasteiger partial charge in [0.2, 0.25) is 5.91 Å². The van der Waals surface area contributed by atoms with Gasteiger partial charge in [-0.15, -0.1) is 0 Å². The van der Waals surface area contributed by atoms with E-state index in [9.17, 15) is 19.2 Å². The molecule has 3 aromatic rings. The molecular formula is C18H16N4O5S. The van der Waals surface area contributed by atoms with Crippen LogP contribution in [0.25, 0.3) is 11.0 Å². The van der Waals surface area contributed by atoms with Crippen molar-refractivity contribution in [1.29, 1.82) is 0 Å². The molecule has 2 heterocycles. The number of carbonyl (C=O) groups is 2. The van der Waals surface area contributed by atoms with Gasteiger partial charge in [-0.3, -0.25) is 18.7 Å². The van der Waals surface area contributed by atoms with E-state index >= 15 is 0 Å². The van der Waals surface area contributed by atoms with Crippen molar-refractivity contribution >= 4 is 40.1 Å². The summed E-state index contributed by atoms with van der Waals surface area (Å²) >= 11 is 1.07. The molecule has 4 rings (SSSR count). The molecule has 1 aliphatic rings. The highest BCUT2D eigenvalue weighted by Gasteiger charge is 2.29. The predicted molar refractivity (Wildman–Crippen MR) is 103 cm³/mol. The normalized spacial score (nSPS) is 13.5. The maximum atomic E-state index is 12.8. The van der Waals surface area contributed by atoms with Gasteiger partial charge in [-0.25, -0.2) is 9.59 Å². The van der Waals surface area contributed by atoms with Gasteiger partial charge >= 0.3 is 11.7 Å². The van der Waals surface area contributed by atoms with Crippen LogP contribution >= 0.6 is 11.5 Å². The van der Waals surface area contributed by atoms with Crippen LogP contribution in [-0.2, 0) is 16.1 Å². The monoisotopic (exact) mass is 400 g/mol. The molecule has 0 radical (unpaired) electrons. The molecule has 1 amide bonds. The molecule has 0 saturated heterocycles. The molecule has 10 heteroatoms. The van der Waals surface area contributed by atoms with Crippen LogP contribution in [-0.4, -0.2) is 32.5 Å². The van der Waals surface area contributed by atoms with E-state index in [0.717, 1.165) is 24.4 Å². The number of hydrogen-bond donors (Lipinski definition) is 1. The molecule has 28 heavy (non-hydrogen) atoms. The van der Waals surface area contributed by atoms with Gasteiger partial charge in [0, 0.05) is 17.1 Å². The van der Waals surface area contributed by atoms with Gasteiger partial charge in [0.05, 0.1) is 18.2 Å². The minimum Gasteiger partial charge on any atom is -0.465 e.